The van der Waals surface area contributed by atoms with Crippen LogP contribution in [0.25, 0.3) is 0 Å². The van der Waals surface area contributed by atoms with Gasteiger partial charge < -0.3 is 34.5 Å². The van der Waals surface area contributed by atoms with Crippen molar-refractivity contribution in [3.05, 3.63) is 106 Å². The van der Waals surface area contributed by atoms with Gasteiger partial charge in [-0.15, -0.1) is 0 Å². The molecule has 0 aromatic heterocycles. The van der Waals surface area contributed by atoms with Crippen molar-refractivity contribution >= 4 is 29.6 Å². The maximum Gasteiger partial charge on any atom is 0.349 e. The molecule has 19 nitrogen and oxygen atoms in total. The molecule has 0 aromatic rings. The molecule has 0 aliphatic carbocycles. The fraction of sp³-hybridized carbons (Fsp3) is 0.625. The first-order valence-corrected chi connectivity index (χ1v) is 32.6. The fourth-order valence-corrected chi connectivity index (χ4v) is 6.41. The zero-order valence-corrected chi connectivity index (χ0v) is 67.5. The zero-order chi connectivity index (χ0) is 80.8. The normalized spacial score (nSPS) is 12.7. The Morgan fingerprint density at radius 3 is 0.960 bits per heavy atom. The summed E-state index contributed by atoms with van der Waals surface area (Å²) in [4.78, 5) is 56.7. The predicted molar refractivity (Wildman–Crippen MR) is 398 cm³/mol. The Hall–Kier alpha value is -8.64. The summed E-state index contributed by atoms with van der Waals surface area (Å²) >= 11 is 0. The van der Waals surface area contributed by atoms with Crippen molar-refractivity contribution in [2.24, 2.45) is 43.3 Å². The molecule has 99 heavy (non-hydrogen) atoms. The molecule has 0 rings (SSSR count). The molecule has 0 unspecified atom stereocenters. The molecular weight excluding hydrogens is 1250 g/mol. The molecule has 3 N–H and O–H groups in total. The fourth-order valence-electron chi connectivity index (χ4n) is 6.41. The number of esters is 3. The van der Waals surface area contributed by atoms with E-state index in [9.17, 15) is 34.2 Å². The monoisotopic (exact) mass is 1380 g/mol. The molecule has 0 aliphatic heterocycles. The second kappa shape index (κ2) is 49.8. The van der Waals surface area contributed by atoms with Gasteiger partial charge in [-0.25, -0.2) is 14.4 Å². The second-order valence-electron chi connectivity index (χ2n) is 32.7. The minimum absolute atomic E-state index is 0.0118. The molecule has 0 bridgehead atoms. The number of nitriles is 7. The lowest BCUT2D eigenvalue weighted by atomic mass is 9.92. The van der Waals surface area contributed by atoms with Crippen LogP contribution in [0.5, 0.6) is 0 Å². The Bertz CT molecular complexity index is 3110. The number of ether oxygens (including phenoxy) is 4. The van der Waals surface area contributed by atoms with Gasteiger partial charge in [-0.1, -0.05) is 234 Å². The number of allylic oxidation sites excluding steroid dienone is 12. The summed E-state index contributed by atoms with van der Waals surface area (Å²) in [6.45, 7) is 68.4. The predicted octanol–water partition coefficient (Wildman–Crippen LogP) is 17.9. The minimum atomic E-state index is -1.08. The summed E-state index contributed by atoms with van der Waals surface area (Å²) in [7, 11) is 1.51. The van der Waals surface area contributed by atoms with Crippen LogP contribution in [0.3, 0.4) is 0 Å². The first-order valence-electron chi connectivity index (χ1n) is 32.6. The molecule has 0 aromatic carbocycles. The molecule has 0 radical (unpaired) electrons. The Labute approximate surface area is 600 Å². The number of ketones is 1. The van der Waals surface area contributed by atoms with Gasteiger partial charge in [0.2, 0.25) is 0 Å². The molecule has 0 saturated carbocycles. The average Bonchev–Trinajstić information content (AvgIpc) is 0.865. The quantitative estimate of drug-likeness (QED) is 0.0293. The van der Waals surface area contributed by atoms with Crippen LogP contribution in [-0.4, -0.2) is 84.0 Å². The van der Waals surface area contributed by atoms with Gasteiger partial charge in [0.25, 0.3) is 5.91 Å². The summed E-state index contributed by atoms with van der Waals surface area (Å²) in [5.41, 5.74) is -0.380. The van der Waals surface area contributed by atoms with Gasteiger partial charge in [-0.05, 0) is 112 Å². The van der Waals surface area contributed by atoms with E-state index in [-0.39, 0.29) is 90.9 Å². The van der Waals surface area contributed by atoms with Gasteiger partial charge in [0, 0.05) is 5.57 Å². The number of amides is 1. The van der Waals surface area contributed by atoms with Crippen molar-refractivity contribution in [3.63, 3.8) is 0 Å². The van der Waals surface area contributed by atoms with E-state index >= 15 is 0 Å². The van der Waals surface area contributed by atoms with Crippen molar-refractivity contribution < 1.29 is 53.1 Å². The SMILES string of the molecule is C/C(C#N)=C/C(C)(C)C.C/C=C/C(C)(C)C.C=C(OC)/C(C#N)=C/C(C)(C)C.CC(=O)/C(C#N)=C/C(C)(C)C.CC(C)(C)/C=C(\C#N)C(=O)OC(C)(C)C.CC(C)OC(=O)/C(C#N)=C/C(C)(C)C.CCC(CO)(CO)NC(=O)/C(C#N)=C/C(C)(C)C.CCOC(=O)/C(C#N)=C/C(C)(C)C. The first kappa shape index (κ1) is 106. The highest BCUT2D eigenvalue weighted by Crippen LogP contribution is 2.24. The Morgan fingerprint density at radius 2 is 0.758 bits per heavy atom. The van der Waals surface area contributed by atoms with Crippen LogP contribution in [-0.2, 0) is 42.9 Å². The van der Waals surface area contributed by atoms with E-state index in [0.717, 1.165) is 5.57 Å². The number of carbonyl (C=O) groups excluding carboxylic acids is 5. The molecule has 0 spiro atoms. The molecule has 0 heterocycles. The molecule has 0 aliphatic rings. The Balaban J connectivity index is -0.000000161. The number of hydrogen-bond acceptors (Lipinski definition) is 18. The van der Waals surface area contributed by atoms with Gasteiger partial charge in [0.1, 0.15) is 70.1 Å². The number of hydrogen-bond donors (Lipinski definition) is 3. The second-order valence-corrected chi connectivity index (χ2v) is 32.7. The third-order valence-electron chi connectivity index (χ3n) is 10.2. The van der Waals surface area contributed by atoms with Gasteiger partial charge in [0.15, 0.2) is 5.78 Å². The minimum Gasteiger partial charge on any atom is -0.496 e. The number of nitrogens with one attached hydrogen (secondary N) is 1. The Morgan fingerprint density at radius 1 is 0.455 bits per heavy atom. The van der Waals surface area contributed by atoms with E-state index in [1.807, 2.05) is 187 Å². The van der Waals surface area contributed by atoms with E-state index in [1.165, 1.54) is 14.0 Å². The van der Waals surface area contributed by atoms with Crippen LogP contribution < -0.4 is 5.32 Å². The third kappa shape index (κ3) is 73.4. The number of rotatable bonds is 13. The number of carbonyl (C=O) groups is 5. The highest BCUT2D eigenvalue weighted by atomic mass is 16.6. The first-order chi connectivity index (χ1) is 44.2. The van der Waals surface area contributed by atoms with Gasteiger partial charge >= 0.3 is 17.9 Å². The molecule has 554 valence electrons. The maximum absolute atomic E-state index is 11.9. The molecule has 0 fully saturated rings. The van der Waals surface area contributed by atoms with Gasteiger partial charge in [0.05, 0.1) is 55.8 Å². The van der Waals surface area contributed by atoms with E-state index in [1.54, 1.807) is 78.8 Å². The smallest absolute Gasteiger partial charge is 0.349 e. The summed E-state index contributed by atoms with van der Waals surface area (Å²) in [6.07, 6.45) is 16.4. The van der Waals surface area contributed by atoms with Crippen molar-refractivity contribution in [2.45, 2.75) is 259 Å². The topological polar surface area (TPSA) is 341 Å². The summed E-state index contributed by atoms with van der Waals surface area (Å²) in [5.74, 6) is -1.95. The van der Waals surface area contributed by atoms with Crippen LogP contribution in [0.1, 0.15) is 242 Å². The summed E-state index contributed by atoms with van der Waals surface area (Å²) in [5, 5.41) is 81.9. The van der Waals surface area contributed by atoms with Crippen LogP contribution in [0.2, 0.25) is 0 Å². The van der Waals surface area contributed by atoms with Crippen molar-refractivity contribution in [1.29, 1.82) is 36.8 Å². The maximum atomic E-state index is 11.9. The van der Waals surface area contributed by atoms with E-state index in [0.29, 0.717) is 29.8 Å². The summed E-state index contributed by atoms with van der Waals surface area (Å²) in [6, 6.07) is 13.4. The molecular formula is C80H128N8O11. The number of Topliss-reactive ketones (excluding diaryl/α,β-unsaturated/α-hetero) is 1. The number of methoxy groups -OCH3 is 1. The zero-order valence-electron chi connectivity index (χ0n) is 67.5. The number of aliphatic hydroxyl groups is 2. The van der Waals surface area contributed by atoms with Gasteiger partial charge in [-0.3, -0.25) is 9.59 Å². The standard InChI is InChI=1S/C13H22N2O3.C12H19NO2.C11H17NO2.C10H15NO2.C10H15NO.C9H13NO.C8H13N.C7H14/c1-5-13(8-16,9-17)15-11(18)10(7-14)6-12(2,3)4;1-11(2,3)7-9(8-13)10(14)15-12(4,5)6;1-8(2)14-10(13)9(7-12)6-11(3,4)5;1-5-13-9(12)8(7-11)6-10(2,3)4;1-8(12-5)9(7-11)6-10(2,3)4;1-7(11)8(6-10)5-9(2,3)4;1-7(6-9)5-8(2,3)4;1-5-6-7(2,3)4/h6,16-17H,5,8-9H2,1-4H3,(H,15,18);7H,1-6H3;6,8H,1-5H3;6H,5H2,1-4H3;6H,1H2,2-5H3;5H,1-4H3;5H,1-4H3;5-6H,1-4H3/b10-6+;9-7+;9-6+;8-6+;9-6+;8-5+;7-5-;6-5+. The van der Waals surface area contributed by atoms with Gasteiger partial charge in [-0.2, -0.15) is 36.8 Å². The lowest BCUT2D eigenvalue weighted by Gasteiger charge is -2.29. The number of aliphatic hydroxyl groups excluding tert-OH is 2. The van der Waals surface area contributed by atoms with E-state index in [2.05, 4.69) is 71.7 Å². The molecule has 0 atom stereocenters. The molecule has 19 heteroatoms. The lowest BCUT2D eigenvalue weighted by Crippen LogP contribution is -2.54. The van der Waals surface area contributed by atoms with Crippen LogP contribution in [0.4, 0.5) is 0 Å². The lowest BCUT2D eigenvalue weighted by molar-refractivity contribution is -0.149. The van der Waals surface area contributed by atoms with Crippen LogP contribution in [0.15, 0.2) is 106 Å². The third-order valence-corrected chi connectivity index (χ3v) is 10.2. The highest BCUT2D eigenvalue weighted by molar-refractivity contribution is 5.98. The van der Waals surface area contributed by atoms with Crippen molar-refractivity contribution in [2.75, 3.05) is 26.9 Å². The Kier molecular flexibility index (Phi) is 53.5. The largest absolute Gasteiger partial charge is 0.496 e. The highest BCUT2D eigenvalue weighted by Gasteiger charge is 2.30. The van der Waals surface area contributed by atoms with Crippen LogP contribution in [0, 0.1) is 123 Å². The average molecular weight is 1380 g/mol. The molecule has 1 amide bonds. The summed E-state index contributed by atoms with van der Waals surface area (Å²) < 4.78 is 19.6. The van der Waals surface area contributed by atoms with Crippen LogP contribution >= 0.6 is 0 Å². The molecule has 0 saturated heterocycles. The number of nitrogens with zero attached hydrogens (tertiary/aromatic N) is 7. The van der Waals surface area contributed by atoms with E-state index in [4.69, 9.17) is 55.8 Å². The van der Waals surface area contributed by atoms with E-state index < -0.39 is 35.0 Å². The van der Waals surface area contributed by atoms with Crippen molar-refractivity contribution in [1.82, 2.24) is 5.32 Å². The van der Waals surface area contributed by atoms with Crippen molar-refractivity contribution in [3.8, 4) is 42.5 Å².